The summed E-state index contributed by atoms with van der Waals surface area (Å²) in [6.07, 6.45) is -3.58. The van der Waals surface area contributed by atoms with E-state index in [1.54, 1.807) is 20.8 Å². The smallest absolute Gasteiger partial charge is 0.493 e. The summed E-state index contributed by atoms with van der Waals surface area (Å²) in [6, 6.07) is 2.04. The second-order valence-electron chi connectivity index (χ2n) is 7.75. The van der Waals surface area contributed by atoms with Crippen molar-refractivity contribution in [2.45, 2.75) is 51.7 Å². The summed E-state index contributed by atoms with van der Waals surface area (Å²) < 4.78 is 62.5. The molecule has 1 aliphatic rings. The first-order valence-electron chi connectivity index (χ1n) is 9.32. The molecular formula is C20H25F3O7. The van der Waals surface area contributed by atoms with Crippen LogP contribution in [0.1, 0.15) is 44.0 Å². The molecule has 0 aromatic heterocycles. The number of aldehydes is 1. The lowest BCUT2D eigenvalue weighted by molar-refractivity contribution is -0.275. The fraction of sp³-hybridized carbons (Fsp3) is 0.600. The maximum absolute atomic E-state index is 12.5. The third-order valence-electron chi connectivity index (χ3n) is 4.18. The number of hydrogen-bond donors (Lipinski definition) is 0. The Balaban J connectivity index is 1.83. The van der Waals surface area contributed by atoms with E-state index in [0.717, 1.165) is 12.1 Å². The van der Waals surface area contributed by atoms with Gasteiger partial charge in [-0.2, -0.15) is 0 Å². The van der Waals surface area contributed by atoms with Crippen molar-refractivity contribution < 1.29 is 46.4 Å². The van der Waals surface area contributed by atoms with Crippen LogP contribution in [0.3, 0.4) is 0 Å². The molecule has 1 fully saturated rings. The molecule has 0 spiro atoms. The second kappa shape index (κ2) is 9.55. The van der Waals surface area contributed by atoms with Crippen molar-refractivity contribution in [2.75, 3.05) is 20.3 Å². The van der Waals surface area contributed by atoms with E-state index in [4.69, 9.17) is 18.9 Å². The highest BCUT2D eigenvalue weighted by Gasteiger charge is 2.38. The molecule has 1 aromatic rings. The lowest BCUT2D eigenvalue weighted by Gasteiger charge is -2.35. The van der Waals surface area contributed by atoms with Crippen molar-refractivity contribution >= 4 is 12.3 Å². The van der Waals surface area contributed by atoms with Gasteiger partial charge in [-0.25, -0.2) is 0 Å². The molecule has 2 rings (SSSR count). The Labute approximate surface area is 172 Å². The van der Waals surface area contributed by atoms with Gasteiger partial charge in [0.05, 0.1) is 31.3 Å². The van der Waals surface area contributed by atoms with Gasteiger partial charge < -0.3 is 23.7 Å². The molecule has 7 nitrogen and oxygen atoms in total. The van der Waals surface area contributed by atoms with Crippen molar-refractivity contribution in [3.63, 3.8) is 0 Å². The highest BCUT2D eigenvalue weighted by Crippen LogP contribution is 2.37. The van der Waals surface area contributed by atoms with Crippen molar-refractivity contribution in [2.24, 2.45) is 5.92 Å². The molecule has 0 atom stereocenters. The molecule has 0 saturated heterocycles. The topological polar surface area (TPSA) is 80.3 Å². The number of benzene rings is 1. The fourth-order valence-electron chi connectivity index (χ4n) is 2.78. The van der Waals surface area contributed by atoms with E-state index >= 15 is 0 Å². The van der Waals surface area contributed by atoms with Crippen LogP contribution in [-0.2, 0) is 14.3 Å². The number of halogens is 3. The number of hydrogen-bond acceptors (Lipinski definition) is 7. The Morgan fingerprint density at radius 1 is 1.10 bits per heavy atom. The van der Waals surface area contributed by atoms with Crippen LogP contribution in [0.4, 0.5) is 13.2 Å². The van der Waals surface area contributed by atoms with Crippen molar-refractivity contribution in [1.29, 1.82) is 0 Å². The molecule has 1 aliphatic carbocycles. The number of esters is 1. The Morgan fingerprint density at radius 2 is 1.77 bits per heavy atom. The molecular weight excluding hydrogens is 409 g/mol. The first-order chi connectivity index (χ1) is 13.9. The molecule has 10 heteroatoms. The Kier molecular flexibility index (Phi) is 7.57. The first-order valence-corrected chi connectivity index (χ1v) is 9.32. The lowest BCUT2D eigenvalue weighted by Crippen LogP contribution is -2.40. The Hall–Kier alpha value is -2.49. The van der Waals surface area contributed by atoms with E-state index in [1.807, 2.05) is 0 Å². The molecule has 0 amide bonds. The van der Waals surface area contributed by atoms with Crippen LogP contribution in [0.15, 0.2) is 12.1 Å². The number of rotatable bonds is 9. The average Bonchev–Trinajstić information content (AvgIpc) is 2.57. The molecule has 30 heavy (non-hydrogen) atoms. The lowest BCUT2D eigenvalue weighted by atomic mass is 9.82. The second-order valence-corrected chi connectivity index (χ2v) is 7.75. The van der Waals surface area contributed by atoms with Crippen LogP contribution < -0.4 is 14.2 Å². The van der Waals surface area contributed by atoms with Gasteiger partial charge in [0.15, 0.2) is 17.8 Å². The van der Waals surface area contributed by atoms with Gasteiger partial charge in [-0.15, -0.1) is 13.2 Å². The van der Waals surface area contributed by atoms with Gasteiger partial charge in [0.2, 0.25) is 0 Å². The zero-order valence-electron chi connectivity index (χ0n) is 17.2. The zero-order valence-corrected chi connectivity index (χ0v) is 17.2. The Morgan fingerprint density at radius 3 is 2.30 bits per heavy atom. The molecule has 0 unspecified atom stereocenters. The van der Waals surface area contributed by atoms with E-state index in [-0.39, 0.29) is 48.3 Å². The number of alkyl halides is 3. The van der Waals surface area contributed by atoms with E-state index in [2.05, 4.69) is 4.74 Å². The van der Waals surface area contributed by atoms with Crippen LogP contribution in [0.5, 0.6) is 17.2 Å². The summed E-state index contributed by atoms with van der Waals surface area (Å²) in [6.45, 7) is 5.64. The molecule has 0 radical (unpaired) electrons. The van der Waals surface area contributed by atoms with Crippen LogP contribution in [0.2, 0.25) is 0 Å². The maximum atomic E-state index is 12.5. The molecule has 0 heterocycles. The summed E-state index contributed by atoms with van der Waals surface area (Å²) in [7, 11) is 1.17. The minimum absolute atomic E-state index is 0.0419. The predicted molar refractivity (Wildman–Crippen MR) is 98.9 cm³/mol. The van der Waals surface area contributed by atoms with Gasteiger partial charge in [0.1, 0.15) is 18.0 Å². The molecule has 1 aromatic carbocycles. The largest absolute Gasteiger partial charge is 0.573 e. The quantitative estimate of drug-likeness (QED) is 0.331. The molecule has 0 N–H and O–H groups in total. The standard InChI is InChI=1S/C20H25F3O7/c1-19(2,3)30-18(25)12-7-14(8-12)27-5-6-28-15-10-16(26-4)17(9-13(15)11-24)29-20(21,22)23/h9-12,14H,5-8H2,1-4H3/t12-,14+. The van der Waals surface area contributed by atoms with Crippen molar-refractivity contribution in [1.82, 2.24) is 0 Å². The van der Waals surface area contributed by atoms with E-state index < -0.39 is 17.7 Å². The summed E-state index contributed by atoms with van der Waals surface area (Å²) >= 11 is 0. The zero-order chi connectivity index (χ0) is 22.5. The van der Waals surface area contributed by atoms with Gasteiger partial charge in [-0.3, -0.25) is 9.59 Å². The summed E-state index contributed by atoms with van der Waals surface area (Å²) in [5, 5.41) is 0. The molecule has 0 aliphatic heterocycles. The number of methoxy groups -OCH3 is 1. The van der Waals surface area contributed by atoms with E-state index in [0.29, 0.717) is 19.1 Å². The molecule has 0 bridgehead atoms. The van der Waals surface area contributed by atoms with Crippen molar-refractivity contribution in [3.05, 3.63) is 17.7 Å². The van der Waals surface area contributed by atoms with Crippen LogP contribution >= 0.6 is 0 Å². The maximum Gasteiger partial charge on any atom is 0.573 e. The number of ether oxygens (including phenoxy) is 5. The minimum Gasteiger partial charge on any atom is -0.493 e. The summed E-state index contributed by atoms with van der Waals surface area (Å²) in [5.41, 5.74) is -0.654. The number of carbonyl (C=O) groups excluding carboxylic acids is 2. The van der Waals surface area contributed by atoms with Crippen LogP contribution in [-0.4, -0.2) is 50.6 Å². The van der Waals surface area contributed by atoms with Gasteiger partial charge in [-0.1, -0.05) is 0 Å². The van der Waals surface area contributed by atoms with E-state index in [1.165, 1.54) is 7.11 Å². The molecule has 168 valence electrons. The fourth-order valence-corrected chi connectivity index (χ4v) is 2.78. The predicted octanol–water partition coefficient (Wildman–Crippen LogP) is 3.92. The van der Waals surface area contributed by atoms with E-state index in [9.17, 15) is 22.8 Å². The first kappa shape index (κ1) is 23.8. The molecule has 1 saturated carbocycles. The van der Waals surface area contributed by atoms with Gasteiger partial charge in [0, 0.05) is 6.07 Å². The monoisotopic (exact) mass is 434 g/mol. The van der Waals surface area contributed by atoms with Gasteiger partial charge in [-0.05, 0) is 39.7 Å². The van der Waals surface area contributed by atoms with Gasteiger partial charge in [0.25, 0.3) is 0 Å². The minimum atomic E-state index is -4.93. The SMILES string of the molecule is COc1cc(OCCO[C@H]2C[C@@H](C(=O)OC(C)(C)C)C2)c(C=O)cc1OC(F)(F)F. The van der Waals surface area contributed by atoms with Crippen LogP contribution in [0.25, 0.3) is 0 Å². The summed E-state index contributed by atoms with van der Waals surface area (Å²) in [4.78, 5) is 23.1. The third kappa shape index (κ3) is 7.08. The highest BCUT2D eigenvalue weighted by molar-refractivity contribution is 5.81. The Bertz CT molecular complexity index is 750. The normalized spacial score (nSPS) is 18.9. The van der Waals surface area contributed by atoms with Gasteiger partial charge >= 0.3 is 12.3 Å². The highest BCUT2D eigenvalue weighted by atomic mass is 19.4. The average molecular weight is 434 g/mol. The summed E-state index contributed by atoms with van der Waals surface area (Å²) in [5.74, 6) is -1.27. The van der Waals surface area contributed by atoms with Crippen molar-refractivity contribution in [3.8, 4) is 17.2 Å². The third-order valence-corrected chi connectivity index (χ3v) is 4.18. The van der Waals surface area contributed by atoms with Crippen LogP contribution in [0, 0.1) is 5.92 Å². The number of carbonyl (C=O) groups is 2.